The van der Waals surface area contributed by atoms with Gasteiger partial charge in [-0.3, -0.25) is 4.57 Å². The monoisotopic (exact) mass is 394 g/mol. The molecule has 0 radical (unpaired) electrons. The van der Waals surface area contributed by atoms with Crippen LogP contribution in [0.25, 0.3) is 39.0 Å². The summed E-state index contributed by atoms with van der Waals surface area (Å²) in [5.41, 5.74) is 6.82. The van der Waals surface area contributed by atoms with Crippen LogP contribution in [0.2, 0.25) is 0 Å². The molecule has 0 amide bonds. The number of hydrogen-bond donors (Lipinski definition) is 0. The van der Waals surface area contributed by atoms with Crippen molar-refractivity contribution in [3.05, 3.63) is 84.2 Å². The maximum absolute atomic E-state index is 6.12. The molecule has 0 aliphatic heterocycles. The van der Waals surface area contributed by atoms with Gasteiger partial charge in [-0.05, 0) is 35.1 Å². The molecular formula is C27H26N2O. The number of nitrogens with zero attached hydrogens (tertiary/aromatic N) is 2. The molecule has 0 saturated carbocycles. The molecule has 2 heterocycles. The van der Waals surface area contributed by atoms with E-state index in [4.69, 9.17) is 9.40 Å². The molecule has 5 aromatic rings. The molecule has 0 unspecified atom stereocenters. The second-order valence-corrected chi connectivity index (χ2v) is 8.49. The van der Waals surface area contributed by atoms with E-state index in [0.29, 0.717) is 11.8 Å². The highest BCUT2D eigenvalue weighted by atomic mass is 16.3. The maximum Gasteiger partial charge on any atom is 0.145 e. The molecule has 0 aliphatic rings. The lowest BCUT2D eigenvalue weighted by atomic mass is 9.92. The van der Waals surface area contributed by atoms with Crippen molar-refractivity contribution < 1.29 is 4.42 Å². The van der Waals surface area contributed by atoms with Crippen molar-refractivity contribution in [2.75, 3.05) is 0 Å². The Labute approximate surface area is 177 Å². The molecule has 0 spiro atoms. The SMILES string of the molecule is CC(C)c1cccc(C(C)C)c1-n1ccnc1-c1cccc2oc3ccccc3c12. The van der Waals surface area contributed by atoms with Gasteiger partial charge in [0.05, 0.1) is 5.69 Å². The topological polar surface area (TPSA) is 31.0 Å². The van der Waals surface area contributed by atoms with Gasteiger partial charge in [-0.15, -0.1) is 0 Å². The molecule has 3 nitrogen and oxygen atoms in total. The van der Waals surface area contributed by atoms with E-state index >= 15 is 0 Å². The van der Waals surface area contributed by atoms with Crippen molar-refractivity contribution in [1.82, 2.24) is 9.55 Å². The van der Waals surface area contributed by atoms with Gasteiger partial charge < -0.3 is 4.42 Å². The Morgan fingerprint density at radius 3 is 2.17 bits per heavy atom. The Bertz CT molecular complexity index is 1330. The third-order valence-corrected chi connectivity index (χ3v) is 5.87. The molecule has 150 valence electrons. The number of rotatable bonds is 4. The first-order valence-electron chi connectivity index (χ1n) is 10.6. The van der Waals surface area contributed by atoms with Crippen LogP contribution < -0.4 is 0 Å². The molecule has 0 atom stereocenters. The number of benzene rings is 3. The Kier molecular flexibility index (Phi) is 4.47. The molecule has 3 heteroatoms. The van der Waals surface area contributed by atoms with E-state index in [-0.39, 0.29) is 0 Å². The summed E-state index contributed by atoms with van der Waals surface area (Å²) >= 11 is 0. The Hall–Kier alpha value is -3.33. The van der Waals surface area contributed by atoms with Gasteiger partial charge >= 0.3 is 0 Å². The van der Waals surface area contributed by atoms with E-state index in [1.54, 1.807) is 0 Å². The summed E-state index contributed by atoms with van der Waals surface area (Å²) in [4.78, 5) is 4.82. The Morgan fingerprint density at radius 1 is 0.767 bits per heavy atom. The van der Waals surface area contributed by atoms with Crippen LogP contribution in [0.3, 0.4) is 0 Å². The van der Waals surface area contributed by atoms with Gasteiger partial charge in [0.25, 0.3) is 0 Å². The summed E-state index contributed by atoms with van der Waals surface area (Å²) < 4.78 is 8.39. The van der Waals surface area contributed by atoms with Crippen molar-refractivity contribution in [1.29, 1.82) is 0 Å². The lowest BCUT2D eigenvalue weighted by molar-refractivity contribution is 0.669. The van der Waals surface area contributed by atoms with Crippen LogP contribution in [0.4, 0.5) is 0 Å². The highest BCUT2D eigenvalue weighted by Crippen LogP contribution is 2.38. The molecule has 0 N–H and O–H groups in total. The summed E-state index contributed by atoms with van der Waals surface area (Å²) in [7, 11) is 0. The summed E-state index contributed by atoms with van der Waals surface area (Å²) in [6, 6.07) is 21.1. The van der Waals surface area contributed by atoms with Crippen molar-refractivity contribution in [3.63, 3.8) is 0 Å². The first kappa shape index (κ1) is 18.7. The normalized spacial score (nSPS) is 11.9. The largest absolute Gasteiger partial charge is 0.456 e. The van der Waals surface area contributed by atoms with Crippen LogP contribution in [0.15, 0.2) is 77.5 Å². The van der Waals surface area contributed by atoms with Gasteiger partial charge in [0, 0.05) is 28.7 Å². The van der Waals surface area contributed by atoms with Gasteiger partial charge in [0.1, 0.15) is 17.0 Å². The minimum absolute atomic E-state index is 0.416. The smallest absolute Gasteiger partial charge is 0.145 e. The third-order valence-electron chi connectivity index (χ3n) is 5.87. The number of para-hydroxylation sites is 2. The number of aromatic nitrogens is 2. The fraction of sp³-hybridized carbons (Fsp3) is 0.222. The van der Waals surface area contributed by atoms with Crippen LogP contribution in [-0.2, 0) is 0 Å². The van der Waals surface area contributed by atoms with Gasteiger partial charge in [-0.1, -0.05) is 76.2 Å². The summed E-state index contributed by atoms with van der Waals surface area (Å²) in [6.45, 7) is 9.02. The van der Waals surface area contributed by atoms with E-state index in [1.165, 1.54) is 16.8 Å². The zero-order valence-corrected chi connectivity index (χ0v) is 17.9. The highest BCUT2D eigenvalue weighted by Gasteiger charge is 2.21. The van der Waals surface area contributed by atoms with Crippen LogP contribution >= 0.6 is 0 Å². The Balaban J connectivity index is 1.83. The van der Waals surface area contributed by atoms with E-state index < -0.39 is 0 Å². The first-order valence-corrected chi connectivity index (χ1v) is 10.6. The van der Waals surface area contributed by atoms with Crippen molar-refractivity contribution >= 4 is 21.9 Å². The molecular weight excluding hydrogens is 368 g/mol. The van der Waals surface area contributed by atoms with E-state index in [1.807, 2.05) is 24.4 Å². The maximum atomic E-state index is 6.12. The van der Waals surface area contributed by atoms with Gasteiger partial charge in [0.15, 0.2) is 0 Å². The van der Waals surface area contributed by atoms with Crippen molar-refractivity contribution in [3.8, 4) is 17.1 Å². The van der Waals surface area contributed by atoms with Crippen molar-refractivity contribution in [2.24, 2.45) is 0 Å². The fourth-order valence-electron chi connectivity index (χ4n) is 4.43. The van der Waals surface area contributed by atoms with Crippen LogP contribution in [0.1, 0.15) is 50.7 Å². The molecule has 0 fully saturated rings. The summed E-state index contributed by atoms with van der Waals surface area (Å²) in [5, 5.41) is 2.24. The quantitative estimate of drug-likeness (QED) is 0.313. The lowest BCUT2D eigenvalue weighted by Crippen LogP contribution is -2.07. The van der Waals surface area contributed by atoms with E-state index in [2.05, 4.69) is 80.9 Å². The minimum atomic E-state index is 0.416. The fourth-order valence-corrected chi connectivity index (χ4v) is 4.43. The number of hydrogen-bond acceptors (Lipinski definition) is 2. The lowest BCUT2D eigenvalue weighted by Gasteiger charge is -2.22. The average molecular weight is 395 g/mol. The van der Waals surface area contributed by atoms with Gasteiger partial charge in [-0.2, -0.15) is 0 Å². The first-order chi connectivity index (χ1) is 14.6. The van der Waals surface area contributed by atoms with Gasteiger partial charge in [-0.25, -0.2) is 4.98 Å². The Morgan fingerprint density at radius 2 is 1.43 bits per heavy atom. The summed E-state index contributed by atoms with van der Waals surface area (Å²) in [5.74, 6) is 1.78. The van der Waals surface area contributed by atoms with E-state index in [9.17, 15) is 0 Å². The van der Waals surface area contributed by atoms with E-state index in [0.717, 1.165) is 33.3 Å². The number of furan rings is 1. The summed E-state index contributed by atoms with van der Waals surface area (Å²) in [6.07, 6.45) is 3.99. The molecule has 0 bridgehead atoms. The van der Waals surface area contributed by atoms with Crippen molar-refractivity contribution in [2.45, 2.75) is 39.5 Å². The van der Waals surface area contributed by atoms with Crippen LogP contribution in [0, 0.1) is 0 Å². The van der Waals surface area contributed by atoms with Gasteiger partial charge in [0.2, 0.25) is 0 Å². The second kappa shape index (κ2) is 7.17. The predicted molar refractivity (Wildman–Crippen MR) is 124 cm³/mol. The zero-order valence-electron chi connectivity index (χ0n) is 17.9. The standard InChI is InChI=1S/C27H26N2O/c1-17(2)19-10-7-11-20(18(3)4)26(19)29-16-15-28-27(29)22-12-8-14-24-25(22)21-9-5-6-13-23(21)30-24/h5-18H,1-4H3. The zero-order chi connectivity index (χ0) is 20.8. The van der Waals surface area contributed by atoms with Crippen LogP contribution in [0.5, 0.6) is 0 Å². The predicted octanol–water partition coefficient (Wildman–Crippen LogP) is 7.69. The molecule has 3 aromatic carbocycles. The number of imidazole rings is 1. The second-order valence-electron chi connectivity index (χ2n) is 8.49. The molecule has 5 rings (SSSR count). The third kappa shape index (κ3) is 2.85. The molecule has 2 aromatic heterocycles. The molecule has 0 saturated heterocycles. The highest BCUT2D eigenvalue weighted by molar-refractivity contribution is 6.11. The molecule has 0 aliphatic carbocycles. The average Bonchev–Trinajstić information content (AvgIpc) is 3.37. The molecule has 30 heavy (non-hydrogen) atoms. The van der Waals surface area contributed by atoms with Crippen LogP contribution in [-0.4, -0.2) is 9.55 Å². The minimum Gasteiger partial charge on any atom is -0.456 e. The number of fused-ring (bicyclic) bond motifs is 3.